The zero-order valence-electron chi connectivity index (χ0n) is 13.6. The SMILES string of the molecule is O=C(Cc1nc(N2CCOCC2)cc(=O)[nH]1)Nc1cc(F)c(F)cc1O. The molecule has 0 saturated carbocycles. The molecule has 1 aliphatic heterocycles. The normalized spacial score (nSPS) is 14.3. The summed E-state index contributed by atoms with van der Waals surface area (Å²) < 4.78 is 31.5. The first-order chi connectivity index (χ1) is 12.4. The van der Waals surface area contributed by atoms with Gasteiger partial charge in [-0.25, -0.2) is 13.8 Å². The Labute approximate surface area is 146 Å². The molecule has 10 heteroatoms. The van der Waals surface area contributed by atoms with Crippen molar-refractivity contribution in [2.75, 3.05) is 36.5 Å². The van der Waals surface area contributed by atoms with E-state index in [1.165, 1.54) is 6.07 Å². The third-order valence-corrected chi connectivity index (χ3v) is 3.75. The van der Waals surface area contributed by atoms with Crippen LogP contribution in [0.4, 0.5) is 20.3 Å². The number of phenolic OH excluding ortho intramolecular Hbond substituents is 1. The number of morpholine rings is 1. The van der Waals surface area contributed by atoms with E-state index in [2.05, 4.69) is 15.3 Å². The van der Waals surface area contributed by atoms with Gasteiger partial charge in [-0.2, -0.15) is 0 Å². The number of carbonyl (C=O) groups excluding carboxylic acids is 1. The summed E-state index contributed by atoms with van der Waals surface area (Å²) in [5, 5.41) is 11.8. The molecule has 0 spiro atoms. The zero-order chi connectivity index (χ0) is 18.7. The number of aromatic amines is 1. The quantitative estimate of drug-likeness (QED) is 0.690. The molecule has 1 fully saturated rings. The number of phenols is 1. The minimum Gasteiger partial charge on any atom is -0.506 e. The molecule has 138 valence electrons. The molecule has 1 aromatic heterocycles. The molecule has 1 aromatic carbocycles. The van der Waals surface area contributed by atoms with E-state index >= 15 is 0 Å². The summed E-state index contributed by atoms with van der Waals surface area (Å²) in [4.78, 5) is 32.5. The Morgan fingerprint density at radius 1 is 1.27 bits per heavy atom. The fraction of sp³-hybridized carbons (Fsp3) is 0.312. The van der Waals surface area contributed by atoms with Crippen molar-refractivity contribution in [3.05, 3.63) is 46.0 Å². The van der Waals surface area contributed by atoms with Crippen LogP contribution in [0.3, 0.4) is 0 Å². The van der Waals surface area contributed by atoms with Crippen LogP contribution in [0.25, 0.3) is 0 Å². The minimum absolute atomic E-state index is 0.110. The monoisotopic (exact) mass is 366 g/mol. The lowest BCUT2D eigenvalue weighted by Crippen LogP contribution is -2.37. The number of hydrogen-bond donors (Lipinski definition) is 3. The largest absolute Gasteiger partial charge is 0.506 e. The second-order valence-electron chi connectivity index (χ2n) is 5.66. The van der Waals surface area contributed by atoms with E-state index in [0.717, 1.165) is 0 Å². The van der Waals surface area contributed by atoms with Crippen LogP contribution in [0.2, 0.25) is 0 Å². The number of benzene rings is 1. The van der Waals surface area contributed by atoms with Gasteiger partial charge in [-0.15, -0.1) is 0 Å². The average Bonchev–Trinajstić information content (AvgIpc) is 2.60. The molecule has 0 radical (unpaired) electrons. The van der Waals surface area contributed by atoms with Crippen LogP contribution >= 0.6 is 0 Å². The molecule has 0 atom stereocenters. The predicted molar refractivity (Wildman–Crippen MR) is 88.2 cm³/mol. The third-order valence-electron chi connectivity index (χ3n) is 3.75. The maximum atomic E-state index is 13.2. The Morgan fingerprint density at radius 2 is 1.96 bits per heavy atom. The lowest BCUT2D eigenvalue weighted by molar-refractivity contribution is -0.115. The number of ether oxygens (including phenoxy) is 1. The number of nitrogens with zero attached hydrogens (tertiary/aromatic N) is 2. The number of H-pyrrole nitrogens is 1. The van der Waals surface area contributed by atoms with E-state index in [9.17, 15) is 23.5 Å². The van der Waals surface area contributed by atoms with Gasteiger partial charge in [-0.1, -0.05) is 0 Å². The standard InChI is InChI=1S/C16H16F2N4O4/c17-9-5-11(12(23)6-10(9)18)19-15(24)7-13-20-14(8-16(25)21-13)22-1-3-26-4-2-22/h5-6,8,23H,1-4,7H2,(H,19,24)(H,20,21,25). The lowest BCUT2D eigenvalue weighted by Gasteiger charge is -2.27. The number of hydrogen-bond acceptors (Lipinski definition) is 6. The van der Waals surface area contributed by atoms with Gasteiger partial charge in [-0.3, -0.25) is 9.59 Å². The molecule has 0 unspecified atom stereocenters. The van der Waals surface area contributed by atoms with Gasteiger partial charge < -0.3 is 25.0 Å². The highest BCUT2D eigenvalue weighted by atomic mass is 19.2. The Hall–Kier alpha value is -3.01. The fourth-order valence-electron chi connectivity index (χ4n) is 2.52. The van der Waals surface area contributed by atoms with Gasteiger partial charge in [0.05, 0.1) is 25.3 Å². The van der Waals surface area contributed by atoms with Crippen LogP contribution in [-0.4, -0.2) is 47.3 Å². The Bertz CT molecular complexity index is 881. The first-order valence-electron chi connectivity index (χ1n) is 7.83. The average molecular weight is 366 g/mol. The van der Waals surface area contributed by atoms with Crippen LogP contribution < -0.4 is 15.8 Å². The molecule has 1 amide bonds. The first-order valence-corrected chi connectivity index (χ1v) is 7.83. The molecule has 2 aromatic rings. The van der Waals surface area contributed by atoms with Crippen molar-refractivity contribution in [1.29, 1.82) is 0 Å². The lowest BCUT2D eigenvalue weighted by atomic mass is 10.2. The van der Waals surface area contributed by atoms with Crippen LogP contribution in [-0.2, 0) is 16.0 Å². The van der Waals surface area contributed by atoms with E-state index in [1.807, 2.05) is 4.90 Å². The second kappa shape index (κ2) is 7.48. The van der Waals surface area contributed by atoms with Crippen molar-refractivity contribution >= 4 is 17.4 Å². The summed E-state index contributed by atoms with van der Waals surface area (Å²) in [5.74, 6) is -3.17. The molecule has 2 heterocycles. The van der Waals surface area contributed by atoms with Gasteiger partial charge in [0.15, 0.2) is 11.6 Å². The van der Waals surface area contributed by atoms with E-state index in [1.54, 1.807) is 0 Å². The number of nitrogens with one attached hydrogen (secondary N) is 2. The smallest absolute Gasteiger partial charge is 0.252 e. The van der Waals surface area contributed by atoms with E-state index in [4.69, 9.17) is 4.74 Å². The summed E-state index contributed by atoms with van der Waals surface area (Å²) in [6.45, 7) is 2.18. The van der Waals surface area contributed by atoms with Gasteiger partial charge in [0.2, 0.25) is 5.91 Å². The number of aromatic hydroxyl groups is 1. The van der Waals surface area contributed by atoms with E-state index in [-0.39, 0.29) is 17.9 Å². The third kappa shape index (κ3) is 4.14. The van der Waals surface area contributed by atoms with Gasteiger partial charge in [0.1, 0.15) is 17.4 Å². The number of halogens is 2. The summed E-state index contributed by atoms with van der Waals surface area (Å²) in [5.41, 5.74) is -0.694. The molecular weight excluding hydrogens is 350 g/mol. The zero-order valence-corrected chi connectivity index (χ0v) is 13.6. The maximum absolute atomic E-state index is 13.2. The summed E-state index contributed by atoms with van der Waals surface area (Å²) in [6.07, 6.45) is -0.314. The maximum Gasteiger partial charge on any atom is 0.252 e. The Kier molecular flexibility index (Phi) is 5.12. The van der Waals surface area contributed by atoms with Crippen LogP contribution in [0.15, 0.2) is 23.0 Å². The van der Waals surface area contributed by atoms with E-state index < -0.39 is 28.9 Å². The summed E-state index contributed by atoms with van der Waals surface area (Å²) >= 11 is 0. The molecule has 8 nitrogen and oxygen atoms in total. The summed E-state index contributed by atoms with van der Waals surface area (Å²) in [7, 11) is 0. The van der Waals surface area contributed by atoms with Gasteiger partial charge in [-0.05, 0) is 0 Å². The van der Waals surface area contributed by atoms with Crippen LogP contribution in [0.1, 0.15) is 5.82 Å². The van der Waals surface area contributed by atoms with Crippen molar-refractivity contribution in [2.45, 2.75) is 6.42 Å². The van der Waals surface area contributed by atoms with Crippen molar-refractivity contribution in [1.82, 2.24) is 9.97 Å². The Morgan fingerprint density at radius 3 is 2.69 bits per heavy atom. The second-order valence-corrected chi connectivity index (χ2v) is 5.66. The number of aromatic nitrogens is 2. The molecule has 1 aliphatic rings. The van der Waals surface area contributed by atoms with Gasteiger partial charge in [0.25, 0.3) is 5.56 Å². The van der Waals surface area contributed by atoms with E-state index in [0.29, 0.717) is 44.3 Å². The molecule has 0 bridgehead atoms. The van der Waals surface area contributed by atoms with Gasteiger partial charge >= 0.3 is 0 Å². The van der Waals surface area contributed by atoms with Gasteiger partial charge in [0, 0.05) is 31.3 Å². The summed E-state index contributed by atoms with van der Waals surface area (Å²) in [6, 6.07) is 2.56. The number of carbonyl (C=O) groups is 1. The molecular formula is C16H16F2N4O4. The predicted octanol–water partition coefficient (Wildman–Crippen LogP) is 0.771. The molecule has 0 aliphatic carbocycles. The van der Waals surface area contributed by atoms with Crippen LogP contribution in [0.5, 0.6) is 5.75 Å². The minimum atomic E-state index is -1.23. The highest BCUT2D eigenvalue weighted by Gasteiger charge is 2.16. The molecule has 1 saturated heterocycles. The van der Waals surface area contributed by atoms with Crippen molar-refractivity contribution < 1.29 is 23.4 Å². The number of anilines is 2. The van der Waals surface area contributed by atoms with Crippen molar-refractivity contribution in [3.8, 4) is 5.75 Å². The van der Waals surface area contributed by atoms with Crippen LogP contribution in [0, 0.1) is 11.6 Å². The molecule has 26 heavy (non-hydrogen) atoms. The Balaban J connectivity index is 1.74. The first kappa shape index (κ1) is 17.8. The number of amides is 1. The van der Waals surface area contributed by atoms with Crippen molar-refractivity contribution in [2.24, 2.45) is 0 Å². The highest BCUT2D eigenvalue weighted by molar-refractivity contribution is 5.93. The number of rotatable bonds is 4. The molecule has 3 N–H and O–H groups in total. The highest BCUT2D eigenvalue weighted by Crippen LogP contribution is 2.26. The fourth-order valence-corrected chi connectivity index (χ4v) is 2.52. The topological polar surface area (TPSA) is 108 Å². The van der Waals surface area contributed by atoms with Crippen molar-refractivity contribution in [3.63, 3.8) is 0 Å². The molecule has 3 rings (SSSR count).